The molecule has 6 nitrogen and oxygen atoms in total. The molecule has 1 aromatic heterocycles. The highest BCUT2D eigenvalue weighted by Gasteiger charge is 2.01. The third-order valence-corrected chi connectivity index (χ3v) is 3.60. The SMILES string of the molecule is CN=C(NCc1ccc(OCCOC)nc1)NCc1cccc(Cl)c1.I. The van der Waals surface area contributed by atoms with Gasteiger partial charge in [0.1, 0.15) is 6.61 Å². The number of methoxy groups -OCH3 is 1. The van der Waals surface area contributed by atoms with Crippen molar-refractivity contribution in [3.63, 3.8) is 0 Å². The summed E-state index contributed by atoms with van der Waals surface area (Å²) in [4.78, 5) is 8.48. The number of guanidine groups is 1. The van der Waals surface area contributed by atoms with Crippen LogP contribution in [-0.4, -0.2) is 38.3 Å². The van der Waals surface area contributed by atoms with Crippen molar-refractivity contribution in [1.29, 1.82) is 0 Å². The summed E-state index contributed by atoms with van der Waals surface area (Å²) < 4.78 is 10.4. The number of nitrogens with zero attached hydrogens (tertiary/aromatic N) is 2. The van der Waals surface area contributed by atoms with Gasteiger partial charge < -0.3 is 20.1 Å². The van der Waals surface area contributed by atoms with Gasteiger partial charge in [-0.15, -0.1) is 24.0 Å². The maximum Gasteiger partial charge on any atom is 0.213 e. The number of pyridine rings is 1. The second-order valence-electron chi connectivity index (χ2n) is 5.26. The number of ether oxygens (including phenoxy) is 2. The molecule has 0 saturated heterocycles. The van der Waals surface area contributed by atoms with Crippen LogP contribution >= 0.6 is 35.6 Å². The van der Waals surface area contributed by atoms with E-state index in [1.165, 1.54) is 0 Å². The van der Waals surface area contributed by atoms with Crippen LogP contribution in [0.2, 0.25) is 5.02 Å². The summed E-state index contributed by atoms with van der Waals surface area (Å²) in [5.41, 5.74) is 2.12. The predicted molar refractivity (Wildman–Crippen MR) is 116 cm³/mol. The van der Waals surface area contributed by atoms with Gasteiger partial charge in [0.05, 0.1) is 6.61 Å². The van der Waals surface area contributed by atoms with Crippen molar-refractivity contribution in [3.05, 3.63) is 58.7 Å². The zero-order valence-electron chi connectivity index (χ0n) is 14.9. The summed E-state index contributed by atoms with van der Waals surface area (Å²) in [5, 5.41) is 7.22. The fourth-order valence-electron chi connectivity index (χ4n) is 2.07. The van der Waals surface area contributed by atoms with Gasteiger partial charge in [-0.25, -0.2) is 4.98 Å². The van der Waals surface area contributed by atoms with Gasteiger partial charge in [0.25, 0.3) is 0 Å². The van der Waals surface area contributed by atoms with Crippen LogP contribution in [0.15, 0.2) is 47.6 Å². The lowest BCUT2D eigenvalue weighted by Crippen LogP contribution is -2.36. The molecule has 0 bridgehead atoms. The maximum atomic E-state index is 5.99. The number of rotatable bonds is 8. The first-order valence-electron chi connectivity index (χ1n) is 7.97. The highest BCUT2D eigenvalue weighted by Crippen LogP contribution is 2.10. The van der Waals surface area contributed by atoms with E-state index in [9.17, 15) is 0 Å². The van der Waals surface area contributed by atoms with Gasteiger partial charge >= 0.3 is 0 Å². The minimum Gasteiger partial charge on any atom is -0.475 e. The molecule has 0 radical (unpaired) electrons. The van der Waals surface area contributed by atoms with Crippen LogP contribution in [0, 0.1) is 0 Å². The summed E-state index contributed by atoms with van der Waals surface area (Å²) >= 11 is 5.99. The standard InChI is InChI=1S/C18H23ClN4O2.HI/c1-20-18(22-11-14-4-3-5-16(19)10-14)23-13-15-6-7-17(21-12-15)25-9-8-24-2;/h3-7,10,12H,8-9,11,13H2,1-2H3,(H2,20,22,23);1H. The molecule has 8 heteroatoms. The fraction of sp³-hybridized carbons (Fsp3) is 0.333. The number of benzene rings is 1. The Bertz CT molecular complexity index is 683. The van der Waals surface area contributed by atoms with Gasteiger partial charge in [-0.2, -0.15) is 0 Å². The zero-order chi connectivity index (χ0) is 17.9. The Morgan fingerprint density at radius 1 is 1.12 bits per heavy atom. The number of aliphatic imine (C=N–C) groups is 1. The van der Waals surface area contributed by atoms with Crippen LogP contribution in [0.4, 0.5) is 0 Å². The monoisotopic (exact) mass is 490 g/mol. The minimum atomic E-state index is 0. The Labute approximate surface area is 176 Å². The second kappa shape index (κ2) is 12.7. The van der Waals surface area contributed by atoms with Gasteiger partial charge in [0.15, 0.2) is 5.96 Å². The van der Waals surface area contributed by atoms with E-state index in [0.717, 1.165) is 16.1 Å². The van der Waals surface area contributed by atoms with E-state index < -0.39 is 0 Å². The quantitative estimate of drug-likeness (QED) is 0.257. The minimum absolute atomic E-state index is 0. The van der Waals surface area contributed by atoms with E-state index in [1.54, 1.807) is 20.4 Å². The lowest BCUT2D eigenvalue weighted by molar-refractivity contribution is 0.143. The lowest BCUT2D eigenvalue weighted by Gasteiger charge is -2.12. The largest absolute Gasteiger partial charge is 0.475 e. The highest BCUT2D eigenvalue weighted by atomic mass is 127. The molecular formula is C18H24ClIN4O2. The molecule has 0 unspecified atom stereocenters. The average Bonchev–Trinajstić information content (AvgIpc) is 2.63. The molecule has 0 amide bonds. The van der Waals surface area contributed by atoms with Crippen molar-refractivity contribution < 1.29 is 9.47 Å². The van der Waals surface area contributed by atoms with Crippen molar-refractivity contribution in [2.45, 2.75) is 13.1 Å². The molecule has 0 spiro atoms. The van der Waals surface area contributed by atoms with E-state index in [-0.39, 0.29) is 24.0 Å². The van der Waals surface area contributed by atoms with Gasteiger partial charge in [-0.05, 0) is 23.3 Å². The molecule has 1 aromatic carbocycles. The molecule has 0 saturated carbocycles. The molecular weight excluding hydrogens is 467 g/mol. The normalized spacial score (nSPS) is 10.8. The molecule has 0 aliphatic carbocycles. The molecule has 142 valence electrons. The third kappa shape index (κ3) is 8.20. The second-order valence-corrected chi connectivity index (χ2v) is 5.69. The van der Waals surface area contributed by atoms with Crippen molar-refractivity contribution in [2.24, 2.45) is 4.99 Å². The molecule has 2 rings (SSSR count). The van der Waals surface area contributed by atoms with Crippen molar-refractivity contribution in [3.8, 4) is 5.88 Å². The van der Waals surface area contributed by atoms with Crippen LogP contribution in [-0.2, 0) is 17.8 Å². The van der Waals surface area contributed by atoms with Crippen LogP contribution < -0.4 is 15.4 Å². The Morgan fingerprint density at radius 2 is 1.88 bits per heavy atom. The molecule has 26 heavy (non-hydrogen) atoms. The summed E-state index contributed by atoms with van der Waals surface area (Å²) in [7, 11) is 3.37. The van der Waals surface area contributed by atoms with Crippen LogP contribution in [0.5, 0.6) is 5.88 Å². The zero-order valence-corrected chi connectivity index (χ0v) is 18.0. The van der Waals surface area contributed by atoms with Crippen LogP contribution in [0.3, 0.4) is 0 Å². The first kappa shape index (κ1) is 22.5. The molecule has 0 aliphatic heterocycles. The third-order valence-electron chi connectivity index (χ3n) is 3.37. The average molecular weight is 491 g/mol. The lowest BCUT2D eigenvalue weighted by atomic mass is 10.2. The van der Waals surface area contributed by atoms with Gasteiger partial charge in [0.2, 0.25) is 5.88 Å². The van der Waals surface area contributed by atoms with E-state index in [1.807, 2.05) is 36.4 Å². The van der Waals surface area contributed by atoms with Gasteiger partial charge in [-0.3, -0.25) is 4.99 Å². The Morgan fingerprint density at radius 3 is 2.50 bits per heavy atom. The molecule has 2 aromatic rings. The summed E-state index contributed by atoms with van der Waals surface area (Å²) in [5.74, 6) is 1.30. The first-order valence-corrected chi connectivity index (χ1v) is 8.34. The fourth-order valence-corrected chi connectivity index (χ4v) is 2.28. The summed E-state index contributed by atoms with van der Waals surface area (Å²) in [6.07, 6.45) is 1.78. The molecule has 2 N–H and O–H groups in total. The van der Waals surface area contributed by atoms with Crippen LogP contribution in [0.1, 0.15) is 11.1 Å². The van der Waals surface area contributed by atoms with E-state index in [2.05, 4.69) is 20.6 Å². The van der Waals surface area contributed by atoms with E-state index >= 15 is 0 Å². The first-order chi connectivity index (χ1) is 12.2. The van der Waals surface area contributed by atoms with Gasteiger partial charge in [0, 0.05) is 44.5 Å². The smallest absolute Gasteiger partial charge is 0.213 e. The summed E-state index contributed by atoms with van der Waals surface area (Å²) in [6.45, 7) is 2.28. The van der Waals surface area contributed by atoms with Crippen molar-refractivity contribution in [2.75, 3.05) is 27.4 Å². The van der Waals surface area contributed by atoms with Crippen molar-refractivity contribution >= 4 is 41.5 Å². The van der Waals surface area contributed by atoms with Gasteiger partial charge in [-0.1, -0.05) is 29.8 Å². The molecule has 0 fully saturated rings. The topological polar surface area (TPSA) is 67.8 Å². The predicted octanol–water partition coefficient (Wildman–Crippen LogP) is 3.24. The Hall–Kier alpha value is -1.58. The van der Waals surface area contributed by atoms with Crippen molar-refractivity contribution in [1.82, 2.24) is 15.6 Å². The molecule has 0 aliphatic rings. The number of hydrogen-bond acceptors (Lipinski definition) is 4. The number of halogens is 2. The summed E-state index contributed by atoms with van der Waals surface area (Å²) in [6, 6.07) is 11.5. The van der Waals surface area contributed by atoms with Crippen LogP contribution in [0.25, 0.3) is 0 Å². The Kier molecular flexibility index (Phi) is 11.0. The highest BCUT2D eigenvalue weighted by molar-refractivity contribution is 14.0. The van der Waals surface area contributed by atoms with E-state index in [0.29, 0.717) is 38.1 Å². The number of hydrogen-bond donors (Lipinski definition) is 2. The number of nitrogens with one attached hydrogen (secondary N) is 2. The maximum absolute atomic E-state index is 5.99. The Balaban J connectivity index is 0.00000338. The number of aromatic nitrogens is 1. The van der Waals surface area contributed by atoms with E-state index in [4.69, 9.17) is 21.1 Å². The molecule has 0 atom stereocenters. The molecule has 1 heterocycles.